The van der Waals surface area contributed by atoms with Crippen molar-refractivity contribution in [2.24, 2.45) is 0 Å². The Morgan fingerprint density at radius 1 is 1.27 bits per heavy atom. The van der Waals surface area contributed by atoms with Gasteiger partial charge in [-0.1, -0.05) is 42.3 Å². The normalized spacial score (nSPS) is 16.6. The van der Waals surface area contributed by atoms with Crippen LogP contribution in [0.5, 0.6) is 0 Å². The molecule has 1 aromatic heterocycles. The fourth-order valence-electron chi connectivity index (χ4n) is 2.58. The van der Waals surface area contributed by atoms with Crippen LogP contribution in [-0.2, 0) is 9.53 Å². The van der Waals surface area contributed by atoms with Gasteiger partial charge in [0.05, 0.1) is 10.7 Å². The summed E-state index contributed by atoms with van der Waals surface area (Å²) in [7, 11) is 0. The molecular weight excluding hydrogens is 395 g/mol. The van der Waals surface area contributed by atoms with E-state index in [1.165, 1.54) is 12.1 Å². The second kappa shape index (κ2) is 8.29. The predicted molar refractivity (Wildman–Crippen MR) is 103 cm³/mol. The van der Waals surface area contributed by atoms with E-state index in [9.17, 15) is 9.59 Å². The molecule has 3 rings (SSSR count). The summed E-state index contributed by atoms with van der Waals surface area (Å²) < 4.78 is 5.12. The number of esters is 1. The summed E-state index contributed by atoms with van der Waals surface area (Å²) in [5.41, 5.74) is 0.731. The monoisotopic (exact) mass is 410 g/mol. The number of pyridine rings is 1. The van der Waals surface area contributed by atoms with Crippen molar-refractivity contribution in [1.29, 1.82) is 0 Å². The zero-order chi connectivity index (χ0) is 18.7. The molecule has 0 unspecified atom stereocenters. The van der Waals surface area contributed by atoms with Gasteiger partial charge in [0.15, 0.2) is 12.3 Å². The van der Waals surface area contributed by atoms with Crippen LogP contribution >= 0.6 is 35.0 Å². The molecule has 1 amide bonds. The minimum absolute atomic E-state index is 0.104. The van der Waals surface area contributed by atoms with E-state index in [0.29, 0.717) is 11.8 Å². The van der Waals surface area contributed by atoms with Gasteiger partial charge in [-0.25, -0.2) is 9.78 Å². The number of hydrogen-bond acceptors (Lipinski definition) is 5. The van der Waals surface area contributed by atoms with Gasteiger partial charge in [0.25, 0.3) is 5.91 Å². The van der Waals surface area contributed by atoms with Crippen LogP contribution in [0.2, 0.25) is 10.2 Å². The molecule has 8 heteroatoms. The highest BCUT2D eigenvalue weighted by molar-refractivity contribution is 8.00. The second-order valence-electron chi connectivity index (χ2n) is 5.77. The van der Waals surface area contributed by atoms with Crippen molar-refractivity contribution in [3.63, 3.8) is 0 Å². The van der Waals surface area contributed by atoms with E-state index in [0.717, 1.165) is 17.0 Å². The number of carbonyl (C=O) groups is 2. The van der Waals surface area contributed by atoms with Crippen LogP contribution in [0.25, 0.3) is 0 Å². The molecule has 2 heterocycles. The highest BCUT2D eigenvalue weighted by atomic mass is 35.5. The van der Waals surface area contributed by atoms with Gasteiger partial charge in [0.2, 0.25) is 0 Å². The lowest BCUT2D eigenvalue weighted by molar-refractivity contribution is -0.121. The van der Waals surface area contributed by atoms with E-state index < -0.39 is 12.6 Å². The molecule has 0 saturated carbocycles. The Balaban J connectivity index is 1.72. The van der Waals surface area contributed by atoms with Crippen molar-refractivity contribution < 1.29 is 14.3 Å². The van der Waals surface area contributed by atoms with E-state index in [2.05, 4.69) is 11.9 Å². The van der Waals surface area contributed by atoms with Crippen LogP contribution in [0.15, 0.2) is 41.3 Å². The fraction of sp³-hybridized carbons (Fsp3) is 0.278. The first-order valence-electron chi connectivity index (χ1n) is 8.01. The molecule has 0 bridgehead atoms. The molecule has 0 spiro atoms. The first-order chi connectivity index (χ1) is 12.5. The maximum Gasteiger partial charge on any atom is 0.359 e. The number of rotatable bonds is 3. The molecule has 1 aromatic carbocycles. The third-order valence-corrected chi connectivity index (χ3v) is 5.63. The third-order valence-electron chi connectivity index (χ3n) is 3.88. The van der Waals surface area contributed by atoms with Gasteiger partial charge in [-0.15, -0.1) is 11.8 Å². The lowest BCUT2D eigenvalue weighted by Crippen LogP contribution is -2.35. The summed E-state index contributed by atoms with van der Waals surface area (Å²) in [6.07, 6.45) is 0.848. The second-order valence-corrected chi connectivity index (χ2v) is 8.05. The molecule has 2 aromatic rings. The van der Waals surface area contributed by atoms with Crippen molar-refractivity contribution in [2.45, 2.75) is 23.5 Å². The molecule has 5 nitrogen and oxygen atoms in total. The number of fused-ring (bicyclic) bond motifs is 1. The fourth-order valence-corrected chi connectivity index (χ4v) is 4.02. The van der Waals surface area contributed by atoms with Crippen molar-refractivity contribution in [3.05, 3.63) is 52.3 Å². The van der Waals surface area contributed by atoms with Gasteiger partial charge in [-0.05, 0) is 30.7 Å². The van der Waals surface area contributed by atoms with E-state index in [4.69, 9.17) is 27.9 Å². The van der Waals surface area contributed by atoms with Gasteiger partial charge < -0.3 is 9.64 Å². The molecule has 1 aliphatic rings. The van der Waals surface area contributed by atoms with Crippen LogP contribution in [0, 0.1) is 0 Å². The number of thioether (sulfide) groups is 1. The Hall–Kier alpha value is -1.76. The molecule has 1 atom stereocenters. The molecule has 26 heavy (non-hydrogen) atoms. The van der Waals surface area contributed by atoms with Crippen molar-refractivity contribution in [3.8, 4) is 0 Å². The van der Waals surface area contributed by atoms with Crippen LogP contribution in [0.1, 0.15) is 23.8 Å². The zero-order valence-corrected chi connectivity index (χ0v) is 16.3. The summed E-state index contributed by atoms with van der Waals surface area (Å²) in [4.78, 5) is 31.4. The van der Waals surface area contributed by atoms with Gasteiger partial charge in [0.1, 0.15) is 5.15 Å². The van der Waals surface area contributed by atoms with Crippen LogP contribution in [0.3, 0.4) is 0 Å². The van der Waals surface area contributed by atoms with Crippen LogP contribution in [-0.4, -0.2) is 35.3 Å². The molecule has 136 valence electrons. The lowest BCUT2D eigenvalue weighted by atomic mass is 10.2. The summed E-state index contributed by atoms with van der Waals surface area (Å²) in [5, 5.41) is 0.642. The Morgan fingerprint density at radius 2 is 2.04 bits per heavy atom. The minimum atomic E-state index is -0.781. The molecule has 0 saturated heterocycles. The number of carbonyl (C=O) groups excluding carboxylic acids is 2. The maximum absolute atomic E-state index is 12.7. The van der Waals surface area contributed by atoms with Gasteiger partial charge in [0, 0.05) is 16.7 Å². The Bertz CT molecular complexity index is 847. The summed E-state index contributed by atoms with van der Waals surface area (Å²) >= 11 is 13.5. The first kappa shape index (κ1) is 19.0. The number of benzene rings is 1. The Morgan fingerprint density at radius 3 is 2.85 bits per heavy atom. The molecule has 1 aliphatic heterocycles. The van der Waals surface area contributed by atoms with Crippen molar-refractivity contribution in [1.82, 2.24) is 4.98 Å². The number of amides is 1. The van der Waals surface area contributed by atoms with E-state index in [-0.39, 0.29) is 21.8 Å². The minimum Gasteiger partial charge on any atom is -0.451 e. The smallest absolute Gasteiger partial charge is 0.359 e. The number of anilines is 1. The average Bonchev–Trinajstić information content (AvgIpc) is 2.79. The quantitative estimate of drug-likeness (QED) is 0.551. The number of aromatic nitrogens is 1. The number of ether oxygens (including phenoxy) is 1. The summed E-state index contributed by atoms with van der Waals surface area (Å²) in [5.74, 6) is -1.07. The van der Waals surface area contributed by atoms with Crippen LogP contribution < -0.4 is 4.90 Å². The van der Waals surface area contributed by atoms with Crippen LogP contribution in [0.4, 0.5) is 5.69 Å². The standard InChI is InChI=1S/C18H16Cl2N2O3S/c1-11-8-9-22(13-4-2-3-5-14(13)26-11)16(23)10-25-18(24)17-12(19)6-7-15(20)21-17/h2-7,11H,8-10H2,1H3/t11-/m1/s1. The Kier molecular flexibility index (Phi) is 6.06. The van der Waals surface area contributed by atoms with E-state index >= 15 is 0 Å². The number of halogens is 2. The van der Waals surface area contributed by atoms with Gasteiger partial charge in [-0.2, -0.15) is 0 Å². The lowest BCUT2D eigenvalue weighted by Gasteiger charge is -2.22. The average molecular weight is 411 g/mol. The first-order valence-corrected chi connectivity index (χ1v) is 9.64. The topological polar surface area (TPSA) is 59.5 Å². The molecule has 0 aliphatic carbocycles. The van der Waals surface area contributed by atoms with Crippen molar-refractivity contribution >= 4 is 52.5 Å². The molecule has 0 radical (unpaired) electrons. The molecule has 0 N–H and O–H groups in total. The Labute approximate surface area is 165 Å². The molecular formula is C18H16Cl2N2O3S. The SMILES string of the molecule is C[C@@H]1CCN(C(=O)COC(=O)c2nc(Cl)ccc2Cl)c2ccccc2S1. The van der Waals surface area contributed by atoms with E-state index in [1.807, 2.05) is 24.3 Å². The largest absolute Gasteiger partial charge is 0.451 e. The summed E-state index contributed by atoms with van der Waals surface area (Å²) in [6.45, 7) is 2.30. The third kappa shape index (κ3) is 4.31. The van der Waals surface area contributed by atoms with Gasteiger partial charge in [-0.3, -0.25) is 4.79 Å². The predicted octanol–water partition coefficient (Wildman–Crippen LogP) is 4.46. The highest BCUT2D eigenvalue weighted by Crippen LogP contribution is 2.37. The molecule has 0 fully saturated rings. The number of nitrogens with zero attached hydrogens (tertiary/aromatic N) is 2. The van der Waals surface area contributed by atoms with Crippen molar-refractivity contribution in [2.75, 3.05) is 18.1 Å². The van der Waals surface area contributed by atoms with Gasteiger partial charge >= 0.3 is 5.97 Å². The zero-order valence-electron chi connectivity index (χ0n) is 13.9. The highest BCUT2D eigenvalue weighted by Gasteiger charge is 2.25. The number of para-hydroxylation sites is 1. The summed E-state index contributed by atoms with van der Waals surface area (Å²) in [6, 6.07) is 10.6. The maximum atomic E-state index is 12.7. The number of hydrogen-bond donors (Lipinski definition) is 0. The van der Waals surface area contributed by atoms with E-state index in [1.54, 1.807) is 16.7 Å².